The van der Waals surface area contributed by atoms with Gasteiger partial charge in [0.1, 0.15) is 0 Å². The molecule has 0 saturated carbocycles. The molecule has 5 N–H and O–H groups in total. The van der Waals surface area contributed by atoms with Crippen LogP contribution in [0.3, 0.4) is 0 Å². The summed E-state index contributed by atoms with van der Waals surface area (Å²) in [6.07, 6.45) is 3.02. The lowest BCUT2D eigenvalue weighted by atomic mass is 9.97. The molecule has 3 rings (SSSR count). The van der Waals surface area contributed by atoms with Crippen molar-refractivity contribution in [1.29, 1.82) is 0 Å². The first-order valence-electron chi connectivity index (χ1n) is 8.21. The third-order valence-electron chi connectivity index (χ3n) is 4.40. The van der Waals surface area contributed by atoms with Gasteiger partial charge in [-0.05, 0) is 49.6 Å². The van der Waals surface area contributed by atoms with E-state index >= 15 is 0 Å². The number of carbonyl (C=O) groups is 1. The zero-order valence-corrected chi connectivity index (χ0v) is 13.8. The van der Waals surface area contributed by atoms with Crippen LogP contribution >= 0.6 is 0 Å². The van der Waals surface area contributed by atoms with E-state index in [1.54, 1.807) is 24.3 Å². The molecule has 2 aromatic rings. The van der Waals surface area contributed by atoms with Gasteiger partial charge in [0, 0.05) is 24.3 Å². The molecule has 1 fully saturated rings. The Morgan fingerprint density at radius 3 is 2.56 bits per heavy atom. The highest BCUT2D eigenvalue weighted by molar-refractivity contribution is 5.93. The second kappa shape index (κ2) is 7.43. The summed E-state index contributed by atoms with van der Waals surface area (Å²) in [6.45, 7) is 2.11. The maximum Gasteiger partial charge on any atom is 0.248 e. The molecule has 1 amide bonds. The zero-order chi connectivity index (χ0) is 17.8. The summed E-state index contributed by atoms with van der Waals surface area (Å²) < 4.78 is 14.1. The van der Waals surface area contributed by atoms with Gasteiger partial charge in [0.2, 0.25) is 11.9 Å². The number of nitrogens with two attached hydrogens (primary N) is 2. The maximum atomic E-state index is 14.1. The van der Waals surface area contributed by atoms with E-state index in [0.717, 1.165) is 32.1 Å². The van der Waals surface area contributed by atoms with E-state index in [1.807, 2.05) is 4.90 Å². The largest absolute Gasteiger partial charge is 0.366 e. The van der Waals surface area contributed by atoms with E-state index in [-0.39, 0.29) is 0 Å². The standard InChI is InChI=1S/C17H21FN6O/c18-14-10-21-17(22-13-3-1-12(2-4-13)15(20)25)23-16(14)24-7-5-11(9-19)6-8-24/h1-4,10-11H,5-9,19H2,(H2,20,25)(H,21,22,23). The van der Waals surface area contributed by atoms with Crippen molar-refractivity contribution < 1.29 is 9.18 Å². The number of carbonyl (C=O) groups excluding carboxylic acids is 1. The predicted octanol–water partition coefficient (Wildman–Crippen LogP) is 1.63. The Labute approximate surface area is 145 Å². The minimum absolute atomic E-state index is 0.293. The normalized spacial score (nSPS) is 15.2. The van der Waals surface area contributed by atoms with Gasteiger partial charge in [-0.3, -0.25) is 4.79 Å². The Bertz CT molecular complexity index is 743. The number of aromatic nitrogens is 2. The maximum absolute atomic E-state index is 14.1. The van der Waals surface area contributed by atoms with Crippen molar-refractivity contribution in [1.82, 2.24) is 9.97 Å². The molecular formula is C17H21FN6O. The number of amides is 1. The molecule has 25 heavy (non-hydrogen) atoms. The van der Waals surface area contributed by atoms with Gasteiger partial charge in [-0.1, -0.05) is 0 Å². The summed E-state index contributed by atoms with van der Waals surface area (Å²) in [5.41, 5.74) is 12.0. The Morgan fingerprint density at radius 2 is 1.96 bits per heavy atom. The number of benzene rings is 1. The number of piperidine rings is 1. The minimum atomic E-state index is -0.493. The molecule has 0 spiro atoms. The average Bonchev–Trinajstić information content (AvgIpc) is 2.64. The number of nitrogens with one attached hydrogen (secondary N) is 1. The number of halogens is 1. The van der Waals surface area contributed by atoms with E-state index in [4.69, 9.17) is 11.5 Å². The summed E-state index contributed by atoms with van der Waals surface area (Å²) in [6, 6.07) is 6.60. The Kier molecular flexibility index (Phi) is 5.08. The van der Waals surface area contributed by atoms with E-state index < -0.39 is 11.7 Å². The Balaban J connectivity index is 1.74. The highest BCUT2D eigenvalue weighted by Gasteiger charge is 2.22. The van der Waals surface area contributed by atoms with E-state index in [2.05, 4.69) is 15.3 Å². The van der Waals surface area contributed by atoms with Crippen molar-refractivity contribution in [2.75, 3.05) is 29.9 Å². The van der Waals surface area contributed by atoms with Gasteiger partial charge in [-0.15, -0.1) is 0 Å². The van der Waals surface area contributed by atoms with Crippen LogP contribution in [0.25, 0.3) is 0 Å². The topological polar surface area (TPSA) is 110 Å². The van der Waals surface area contributed by atoms with Crippen molar-refractivity contribution in [3.8, 4) is 0 Å². The lowest BCUT2D eigenvalue weighted by molar-refractivity contribution is 0.100. The lowest BCUT2D eigenvalue weighted by Crippen LogP contribution is -2.37. The quantitative estimate of drug-likeness (QED) is 0.760. The van der Waals surface area contributed by atoms with Crippen LogP contribution in [0.15, 0.2) is 30.5 Å². The first-order valence-corrected chi connectivity index (χ1v) is 8.21. The molecule has 0 aliphatic carbocycles. The van der Waals surface area contributed by atoms with E-state index in [0.29, 0.717) is 35.5 Å². The van der Waals surface area contributed by atoms with Gasteiger partial charge in [0.05, 0.1) is 6.20 Å². The number of hydrogen-bond acceptors (Lipinski definition) is 6. The molecule has 0 atom stereocenters. The van der Waals surface area contributed by atoms with Crippen LogP contribution in [0.5, 0.6) is 0 Å². The second-order valence-electron chi connectivity index (χ2n) is 6.10. The molecule has 2 heterocycles. The number of hydrogen-bond donors (Lipinski definition) is 3. The molecule has 1 aliphatic heterocycles. The van der Waals surface area contributed by atoms with Gasteiger partial charge in [0.25, 0.3) is 0 Å². The van der Waals surface area contributed by atoms with Crippen LogP contribution in [0.2, 0.25) is 0 Å². The van der Waals surface area contributed by atoms with E-state index in [1.165, 1.54) is 0 Å². The van der Waals surface area contributed by atoms with Gasteiger partial charge >= 0.3 is 0 Å². The van der Waals surface area contributed by atoms with Crippen LogP contribution in [0, 0.1) is 11.7 Å². The van der Waals surface area contributed by atoms with Crippen molar-refractivity contribution >= 4 is 23.4 Å². The molecule has 1 aromatic carbocycles. The minimum Gasteiger partial charge on any atom is -0.366 e. The third-order valence-corrected chi connectivity index (χ3v) is 4.40. The monoisotopic (exact) mass is 344 g/mol. The van der Waals surface area contributed by atoms with Crippen LogP contribution < -0.4 is 21.7 Å². The highest BCUT2D eigenvalue weighted by atomic mass is 19.1. The first-order chi connectivity index (χ1) is 12.1. The average molecular weight is 344 g/mol. The first kappa shape index (κ1) is 17.1. The Morgan fingerprint density at radius 1 is 1.28 bits per heavy atom. The second-order valence-corrected chi connectivity index (χ2v) is 6.10. The van der Waals surface area contributed by atoms with Gasteiger partial charge in [-0.2, -0.15) is 4.98 Å². The zero-order valence-electron chi connectivity index (χ0n) is 13.8. The van der Waals surface area contributed by atoms with Crippen LogP contribution in [0.4, 0.5) is 21.8 Å². The van der Waals surface area contributed by atoms with Gasteiger partial charge < -0.3 is 21.7 Å². The lowest BCUT2D eigenvalue weighted by Gasteiger charge is -2.32. The number of nitrogens with zero attached hydrogens (tertiary/aromatic N) is 3. The highest BCUT2D eigenvalue weighted by Crippen LogP contribution is 2.25. The molecule has 7 nitrogen and oxygen atoms in total. The third kappa shape index (κ3) is 4.03. The summed E-state index contributed by atoms with van der Waals surface area (Å²) >= 11 is 0. The smallest absolute Gasteiger partial charge is 0.248 e. The fourth-order valence-electron chi connectivity index (χ4n) is 2.87. The molecule has 1 aliphatic rings. The molecule has 132 valence electrons. The molecule has 1 aromatic heterocycles. The van der Waals surface area contributed by atoms with Crippen LogP contribution in [-0.4, -0.2) is 35.5 Å². The van der Waals surface area contributed by atoms with Gasteiger partial charge in [-0.25, -0.2) is 9.37 Å². The van der Waals surface area contributed by atoms with Crippen LogP contribution in [0.1, 0.15) is 23.2 Å². The summed E-state index contributed by atoms with van der Waals surface area (Å²) in [5.74, 6) is 0.141. The van der Waals surface area contributed by atoms with Crippen molar-refractivity contribution in [3.05, 3.63) is 41.8 Å². The number of rotatable bonds is 5. The van der Waals surface area contributed by atoms with Crippen molar-refractivity contribution in [2.24, 2.45) is 17.4 Å². The summed E-state index contributed by atoms with van der Waals surface area (Å²) in [5, 5.41) is 3.01. The molecular weight excluding hydrogens is 323 g/mol. The molecule has 0 radical (unpaired) electrons. The van der Waals surface area contributed by atoms with Crippen LogP contribution in [-0.2, 0) is 0 Å². The summed E-state index contributed by atoms with van der Waals surface area (Å²) in [4.78, 5) is 21.3. The van der Waals surface area contributed by atoms with Crippen molar-refractivity contribution in [2.45, 2.75) is 12.8 Å². The predicted molar refractivity (Wildman–Crippen MR) is 94.2 cm³/mol. The number of primary amides is 1. The number of anilines is 3. The fraction of sp³-hybridized carbons (Fsp3) is 0.353. The molecule has 0 unspecified atom stereocenters. The fourth-order valence-corrected chi connectivity index (χ4v) is 2.87. The van der Waals surface area contributed by atoms with E-state index in [9.17, 15) is 9.18 Å². The SMILES string of the molecule is NCC1CCN(c2nc(Nc3ccc(C(N)=O)cc3)ncc2F)CC1. The summed E-state index contributed by atoms with van der Waals surface area (Å²) in [7, 11) is 0. The molecule has 0 bridgehead atoms. The van der Waals surface area contributed by atoms with Crippen molar-refractivity contribution in [3.63, 3.8) is 0 Å². The Hall–Kier alpha value is -2.74. The molecule has 8 heteroatoms. The van der Waals surface area contributed by atoms with Gasteiger partial charge in [0.15, 0.2) is 11.6 Å². The molecule has 1 saturated heterocycles.